The van der Waals surface area contributed by atoms with Crippen molar-refractivity contribution < 1.29 is 0 Å². The molecule has 2 aromatic rings. The summed E-state index contributed by atoms with van der Waals surface area (Å²) < 4.78 is 0. The molecule has 2 N–H and O–H groups in total. The highest BCUT2D eigenvalue weighted by molar-refractivity contribution is 6.31. The van der Waals surface area contributed by atoms with E-state index in [9.17, 15) is 0 Å². The third kappa shape index (κ3) is 1.33. The molecule has 66 valence electrons. The lowest BCUT2D eigenvalue weighted by molar-refractivity contribution is 1.31. The van der Waals surface area contributed by atoms with E-state index in [4.69, 9.17) is 17.3 Å². The van der Waals surface area contributed by atoms with Crippen molar-refractivity contribution >= 4 is 28.2 Å². The molecule has 0 aliphatic rings. The van der Waals surface area contributed by atoms with E-state index in [1.165, 1.54) is 0 Å². The Morgan fingerprint density at radius 3 is 2.85 bits per heavy atom. The van der Waals surface area contributed by atoms with Crippen molar-refractivity contribution in [3.63, 3.8) is 0 Å². The highest BCUT2D eigenvalue weighted by Gasteiger charge is 2.02. The zero-order chi connectivity index (χ0) is 9.42. The van der Waals surface area contributed by atoms with E-state index < -0.39 is 0 Å². The molecule has 0 radical (unpaired) electrons. The minimum atomic E-state index is 0.553. The summed E-state index contributed by atoms with van der Waals surface area (Å²) in [6.07, 6.45) is 1.76. The first-order valence-corrected chi connectivity index (χ1v) is 4.36. The van der Waals surface area contributed by atoms with Crippen molar-refractivity contribution in [1.82, 2.24) is 4.98 Å². The van der Waals surface area contributed by atoms with Gasteiger partial charge >= 0.3 is 0 Å². The number of fused-ring (bicyclic) bond motifs is 1. The number of halogens is 1. The number of hydrogen-bond donors (Lipinski definition) is 1. The van der Waals surface area contributed by atoms with E-state index in [1.807, 2.05) is 25.1 Å². The SMILES string of the molecule is Cc1cnc(N)c2ccc(Cl)cc12. The number of nitrogen functional groups attached to an aromatic ring is 1. The van der Waals surface area contributed by atoms with Crippen molar-refractivity contribution in [2.45, 2.75) is 6.92 Å². The zero-order valence-electron chi connectivity index (χ0n) is 7.21. The van der Waals surface area contributed by atoms with Crippen LogP contribution in [-0.2, 0) is 0 Å². The summed E-state index contributed by atoms with van der Waals surface area (Å²) in [6.45, 7) is 1.99. The van der Waals surface area contributed by atoms with Gasteiger partial charge in [-0.15, -0.1) is 0 Å². The van der Waals surface area contributed by atoms with Gasteiger partial charge in [0.05, 0.1) is 0 Å². The number of aryl methyl sites for hydroxylation is 1. The Balaban J connectivity index is 2.92. The number of hydrogen-bond acceptors (Lipinski definition) is 2. The largest absolute Gasteiger partial charge is 0.383 e. The van der Waals surface area contributed by atoms with Gasteiger partial charge in [-0.25, -0.2) is 4.98 Å². The Morgan fingerprint density at radius 1 is 1.31 bits per heavy atom. The highest BCUT2D eigenvalue weighted by atomic mass is 35.5. The normalized spacial score (nSPS) is 10.6. The molecule has 0 atom stereocenters. The van der Waals surface area contributed by atoms with Crippen molar-refractivity contribution in [3.8, 4) is 0 Å². The van der Waals surface area contributed by atoms with Crippen LogP contribution in [0.4, 0.5) is 5.82 Å². The van der Waals surface area contributed by atoms with E-state index in [0.717, 1.165) is 21.4 Å². The van der Waals surface area contributed by atoms with Gasteiger partial charge in [-0.2, -0.15) is 0 Å². The molecule has 1 aromatic carbocycles. The smallest absolute Gasteiger partial charge is 0.131 e. The van der Waals surface area contributed by atoms with Crippen LogP contribution in [0.1, 0.15) is 5.56 Å². The second kappa shape index (κ2) is 2.89. The molecule has 2 nitrogen and oxygen atoms in total. The summed E-state index contributed by atoms with van der Waals surface area (Å²) >= 11 is 5.88. The van der Waals surface area contributed by atoms with Crippen LogP contribution >= 0.6 is 11.6 Å². The number of nitrogens with two attached hydrogens (primary N) is 1. The van der Waals surface area contributed by atoms with E-state index in [0.29, 0.717) is 5.82 Å². The van der Waals surface area contributed by atoms with Crippen LogP contribution in [0.5, 0.6) is 0 Å². The topological polar surface area (TPSA) is 38.9 Å². The highest BCUT2D eigenvalue weighted by Crippen LogP contribution is 2.25. The fourth-order valence-corrected chi connectivity index (χ4v) is 1.54. The lowest BCUT2D eigenvalue weighted by Gasteiger charge is -2.04. The Kier molecular flexibility index (Phi) is 1.85. The van der Waals surface area contributed by atoms with Gasteiger partial charge < -0.3 is 5.73 Å². The van der Waals surface area contributed by atoms with Gasteiger partial charge in [0.25, 0.3) is 0 Å². The van der Waals surface area contributed by atoms with Crippen molar-refractivity contribution in [1.29, 1.82) is 0 Å². The van der Waals surface area contributed by atoms with Gasteiger partial charge in [0.1, 0.15) is 5.82 Å². The minimum Gasteiger partial charge on any atom is -0.383 e. The summed E-state index contributed by atoms with van der Waals surface area (Å²) in [4.78, 5) is 4.07. The Bertz CT molecular complexity index is 466. The van der Waals surface area contributed by atoms with Crippen molar-refractivity contribution in [2.75, 3.05) is 5.73 Å². The van der Waals surface area contributed by atoms with Gasteiger partial charge in [0.15, 0.2) is 0 Å². The molecule has 0 fully saturated rings. The second-order valence-electron chi connectivity index (χ2n) is 3.02. The third-order valence-corrected chi connectivity index (χ3v) is 2.31. The van der Waals surface area contributed by atoms with E-state index in [1.54, 1.807) is 6.20 Å². The maximum absolute atomic E-state index is 5.88. The molecule has 3 heteroatoms. The average molecular weight is 193 g/mol. The summed E-state index contributed by atoms with van der Waals surface area (Å²) in [5, 5.41) is 2.76. The quantitative estimate of drug-likeness (QED) is 0.697. The van der Waals surface area contributed by atoms with E-state index in [-0.39, 0.29) is 0 Å². The maximum Gasteiger partial charge on any atom is 0.131 e. The van der Waals surface area contributed by atoms with Gasteiger partial charge in [-0.05, 0) is 36.1 Å². The molecule has 0 aliphatic heterocycles. The first-order chi connectivity index (χ1) is 6.18. The first kappa shape index (κ1) is 8.32. The van der Waals surface area contributed by atoms with Crippen molar-refractivity contribution in [2.24, 2.45) is 0 Å². The number of pyridine rings is 1. The van der Waals surface area contributed by atoms with Crippen LogP contribution in [0, 0.1) is 6.92 Å². The van der Waals surface area contributed by atoms with Crippen molar-refractivity contribution in [3.05, 3.63) is 35.0 Å². The Hall–Kier alpha value is -1.28. The minimum absolute atomic E-state index is 0.553. The standard InChI is InChI=1S/C10H9ClN2/c1-6-5-13-10(12)8-3-2-7(11)4-9(6)8/h2-5H,1H3,(H2,12,13). The summed E-state index contributed by atoms with van der Waals surface area (Å²) in [5.74, 6) is 0.553. The molecule has 2 rings (SSSR count). The monoisotopic (exact) mass is 192 g/mol. The fourth-order valence-electron chi connectivity index (χ4n) is 1.37. The van der Waals surface area contributed by atoms with Crippen LogP contribution < -0.4 is 5.73 Å². The lowest BCUT2D eigenvalue weighted by Crippen LogP contribution is -1.92. The van der Waals surface area contributed by atoms with Crippen LogP contribution in [0.2, 0.25) is 5.02 Å². The molecular weight excluding hydrogens is 184 g/mol. The molecule has 0 aliphatic carbocycles. The van der Waals surface area contributed by atoms with Gasteiger partial charge in [-0.3, -0.25) is 0 Å². The van der Waals surface area contributed by atoms with Gasteiger partial charge in [-0.1, -0.05) is 11.6 Å². The molecule has 0 amide bonds. The van der Waals surface area contributed by atoms with Crippen LogP contribution in [0.25, 0.3) is 10.8 Å². The average Bonchev–Trinajstić information content (AvgIpc) is 2.12. The van der Waals surface area contributed by atoms with E-state index >= 15 is 0 Å². The number of rotatable bonds is 0. The lowest BCUT2D eigenvalue weighted by atomic mass is 10.1. The number of benzene rings is 1. The number of anilines is 1. The zero-order valence-corrected chi connectivity index (χ0v) is 7.97. The maximum atomic E-state index is 5.88. The Morgan fingerprint density at radius 2 is 2.08 bits per heavy atom. The predicted octanol–water partition coefficient (Wildman–Crippen LogP) is 2.78. The first-order valence-electron chi connectivity index (χ1n) is 3.99. The molecule has 0 unspecified atom stereocenters. The van der Waals surface area contributed by atoms with Crippen LogP contribution in [0.15, 0.2) is 24.4 Å². The Labute approximate surface area is 81.3 Å². The molecule has 13 heavy (non-hydrogen) atoms. The molecular formula is C10H9ClN2. The molecule has 0 bridgehead atoms. The second-order valence-corrected chi connectivity index (χ2v) is 3.45. The number of aromatic nitrogens is 1. The molecule has 1 aromatic heterocycles. The van der Waals surface area contributed by atoms with Gasteiger partial charge in [0, 0.05) is 16.6 Å². The molecule has 0 saturated heterocycles. The molecule has 1 heterocycles. The molecule has 0 saturated carbocycles. The van der Waals surface area contributed by atoms with Crippen LogP contribution in [-0.4, -0.2) is 4.98 Å². The third-order valence-electron chi connectivity index (χ3n) is 2.08. The predicted molar refractivity (Wildman–Crippen MR) is 55.9 cm³/mol. The summed E-state index contributed by atoms with van der Waals surface area (Å²) in [7, 11) is 0. The van der Waals surface area contributed by atoms with Crippen LogP contribution in [0.3, 0.4) is 0 Å². The summed E-state index contributed by atoms with van der Waals surface area (Å²) in [5.41, 5.74) is 6.81. The van der Waals surface area contributed by atoms with E-state index in [2.05, 4.69) is 4.98 Å². The van der Waals surface area contributed by atoms with Gasteiger partial charge in [0.2, 0.25) is 0 Å². The molecule has 0 spiro atoms. The fraction of sp³-hybridized carbons (Fsp3) is 0.100. The number of nitrogens with zero attached hydrogens (tertiary/aromatic N) is 1. The summed E-state index contributed by atoms with van der Waals surface area (Å²) in [6, 6.07) is 5.62.